The number of rotatable bonds is 13. The Bertz CT molecular complexity index is 396. The molecule has 0 amide bonds. The van der Waals surface area contributed by atoms with Gasteiger partial charge >= 0.3 is 5.97 Å². The van der Waals surface area contributed by atoms with E-state index in [2.05, 4.69) is 6.92 Å². The minimum absolute atomic E-state index is 0.0218. The van der Waals surface area contributed by atoms with Gasteiger partial charge in [-0.15, -0.1) is 0 Å². The van der Waals surface area contributed by atoms with Crippen LogP contribution in [-0.2, 0) is 4.79 Å². The van der Waals surface area contributed by atoms with E-state index >= 15 is 0 Å². The van der Waals surface area contributed by atoms with Gasteiger partial charge in [-0.25, -0.2) is 0 Å². The standard InChI is InChI=1S/C20H36O5/c1-2-3-6-9-15(21)12-13-17-16(18(22)14-19(17)23)10-7-4-5-8-11-20(24)25/h12-13,15-19,21-23H,2-11,14H2,1H3,(H,24,25)/b13-12+/t15-,16?,17+,18-,19+/m0/s1. The molecule has 1 rings (SSSR count). The van der Waals surface area contributed by atoms with E-state index < -0.39 is 24.3 Å². The highest BCUT2D eigenvalue weighted by molar-refractivity contribution is 5.66. The molecule has 0 aromatic carbocycles. The summed E-state index contributed by atoms with van der Waals surface area (Å²) >= 11 is 0. The summed E-state index contributed by atoms with van der Waals surface area (Å²) in [7, 11) is 0. The molecule has 1 unspecified atom stereocenters. The van der Waals surface area contributed by atoms with Crippen LogP contribution in [0.1, 0.15) is 77.6 Å². The van der Waals surface area contributed by atoms with Gasteiger partial charge in [0.2, 0.25) is 0 Å². The van der Waals surface area contributed by atoms with Gasteiger partial charge in [-0.05, 0) is 25.2 Å². The Hall–Kier alpha value is -0.910. The maximum atomic E-state index is 10.5. The van der Waals surface area contributed by atoms with E-state index in [0.29, 0.717) is 12.8 Å². The molecule has 1 aliphatic rings. The van der Waals surface area contributed by atoms with Gasteiger partial charge in [-0.1, -0.05) is 57.6 Å². The fraction of sp³-hybridized carbons (Fsp3) is 0.850. The van der Waals surface area contributed by atoms with Crippen molar-refractivity contribution in [3.8, 4) is 0 Å². The smallest absolute Gasteiger partial charge is 0.303 e. The van der Waals surface area contributed by atoms with Gasteiger partial charge in [0.1, 0.15) is 0 Å². The second-order valence-corrected chi connectivity index (χ2v) is 7.41. The van der Waals surface area contributed by atoms with E-state index in [-0.39, 0.29) is 18.3 Å². The van der Waals surface area contributed by atoms with Crippen molar-refractivity contribution in [2.24, 2.45) is 11.8 Å². The molecule has 0 radical (unpaired) electrons. The van der Waals surface area contributed by atoms with Gasteiger partial charge < -0.3 is 20.4 Å². The van der Waals surface area contributed by atoms with Crippen molar-refractivity contribution in [1.29, 1.82) is 0 Å². The SMILES string of the molecule is CCCCC[C@H](O)/C=C/[C@@H]1C(CCCCCCC(=O)O)[C@@H](O)C[C@H]1O. The molecule has 1 saturated carbocycles. The van der Waals surface area contributed by atoms with E-state index in [4.69, 9.17) is 5.11 Å². The first-order valence-electron chi connectivity index (χ1n) is 9.90. The van der Waals surface area contributed by atoms with Gasteiger partial charge in [0.25, 0.3) is 0 Å². The molecule has 4 N–H and O–H groups in total. The van der Waals surface area contributed by atoms with Crippen LogP contribution in [0.3, 0.4) is 0 Å². The maximum Gasteiger partial charge on any atom is 0.303 e. The summed E-state index contributed by atoms with van der Waals surface area (Å²) in [5.41, 5.74) is 0. The Morgan fingerprint density at radius 3 is 2.48 bits per heavy atom. The molecule has 0 aromatic heterocycles. The lowest BCUT2D eigenvalue weighted by molar-refractivity contribution is -0.137. The van der Waals surface area contributed by atoms with Gasteiger partial charge in [0.05, 0.1) is 18.3 Å². The first-order valence-corrected chi connectivity index (χ1v) is 9.90. The van der Waals surface area contributed by atoms with Gasteiger partial charge in [-0.3, -0.25) is 4.79 Å². The van der Waals surface area contributed by atoms with Crippen LogP contribution in [0.25, 0.3) is 0 Å². The highest BCUT2D eigenvalue weighted by Crippen LogP contribution is 2.37. The number of aliphatic carboxylic acids is 1. The number of unbranched alkanes of at least 4 members (excludes halogenated alkanes) is 5. The number of hydrogen-bond donors (Lipinski definition) is 4. The summed E-state index contributed by atoms with van der Waals surface area (Å²) in [6.45, 7) is 2.13. The van der Waals surface area contributed by atoms with E-state index in [0.717, 1.165) is 51.4 Å². The first-order chi connectivity index (χ1) is 12.0. The van der Waals surface area contributed by atoms with Crippen LogP contribution in [-0.4, -0.2) is 44.7 Å². The third-order valence-electron chi connectivity index (χ3n) is 5.25. The maximum absolute atomic E-state index is 10.5. The number of carboxylic acids is 1. The molecule has 0 spiro atoms. The molecule has 1 aliphatic carbocycles. The predicted octanol–water partition coefficient (Wildman–Crippen LogP) is 3.27. The molecule has 5 atom stereocenters. The fourth-order valence-electron chi connectivity index (χ4n) is 3.74. The quantitative estimate of drug-likeness (QED) is 0.300. The molecular formula is C20H36O5. The summed E-state index contributed by atoms with van der Waals surface area (Å²) < 4.78 is 0. The van der Waals surface area contributed by atoms with Crippen LogP contribution in [0.4, 0.5) is 0 Å². The Labute approximate surface area is 151 Å². The van der Waals surface area contributed by atoms with Crippen molar-refractivity contribution < 1.29 is 25.2 Å². The largest absolute Gasteiger partial charge is 0.481 e. The van der Waals surface area contributed by atoms with E-state index in [9.17, 15) is 20.1 Å². The summed E-state index contributed by atoms with van der Waals surface area (Å²) in [6, 6.07) is 0. The number of aliphatic hydroxyl groups is 3. The van der Waals surface area contributed by atoms with Crippen molar-refractivity contribution in [1.82, 2.24) is 0 Å². The lowest BCUT2D eigenvalue weighted by Gasteiger charge is -2.21. The second kappa shape index (κ2) is 12.4. The van der Waals surface area contributed by atoms with Crippen molar-refractivity contribution in [3.63, 3.8) is 0 Å². The Morgan fingerprint density at radius 1 is 1.08 bits per heavy atom. The fourth-order valence-corrected chi connectivity index (χ4v) is 3.74. The normalized spacial score (nSPS) is 27.8. The molecule has 146 valence electrons. The molecule has 0 bridgehead atoms. The average Bonchev–Trinajstić information content (AvgIpc) is 2.82. The van der Waals surface area contributed by atoms with Crippen molar-refractivity contribution in [2.75, 3.05) is 0 Å². The molecular weight excluding hydrogens is 320 g/mol. The molecule has 1 fully saturated rings. The molecule has 0 heterocycles. The van der Waals surface area contributed by atoms with Crippen LogP contribution < -0.4 is 0 Å². The Morgan fingerprint density at radius 2 is 1.80 bits per heavy atom. The topological polar surface area (TPSA) is 98.0 Å². The number of hydrogen-bond acceptors (Lipinski definition) is 4. The summed E-state index contributed by atoms with van der Waals surface area (Å²) in [5.74, 6) is -0.833. The van der Waals surface area contributed by atoms with Gasteiger partial charge in [-0.2, -0.15) is 0 Å². The average molecular weight is 357 g/mol. The molecule has 0 aromatic rings. The number of aliphatic hydroxyl groups excluding tert-OH is 3. The summed E-state index contributed by atoms with van der Waals surface area (Å²) in [4.78, 5) is 10.5. The molecule has 5 nitrogen and oxygen atoms in total. The van der Waals surface area contributed by atoms with Crippen molar-refractivity contribution >= 4 is 5.97 Å². The number of carboxylic acid groups (broad SMARTS) is 1. The zero-order valence-corrected chi connectivity index (χ0v) is 15.5. The van der Waals surface area contributed by atoms with Crippen LogP contribution in [0.5, 0.6) is 0 Å². The Kier molecular flexibility index (Phi) is 11.0. The van der Waals surface area contributed by atoms with Crippen LogP contribution in [0.15, 0.2) is 12.2 Å². The van der Waals surface area contributed by atoms with Crippen LogP contribution >= 0.6 is 0 Å². The minimum atomic E-state index is -0.753. The van der Waals surface area contributed by atoms with Crippen LogP contribution in [0.2, 0.25) is 0 Å². The Balaban J connectivity index is 2.38. The first kappa shape index (κ1) is 22.1. The lowest BCUT2D eigenvalue weighted by atomic mass is 9.88. The van der Waals surface area contributed by atoms with Crippen LogP contribution in [0, 0.1) is 11.8 Å². The molecule has 5 heteroatoms. The van der Waals surface area contributed by atoms with Gasteiger partial charge in [0, 0.05) is 18.8 Å². The highest BCUT2D eigenvalue weighted by Gasteiger charge is 2.39. The van der Waals surface area contributed by atoms with E-state index in [1.54, 1.807) is 6.08 Å². The third-order valence-corrected chi connectivity index (χ3v) is 5.25. The van der Waals surface area contributed by atoms with Crippen molar-refractivity contribution in [3.05, 3.63) is 12.2 Å². The molecule has 0 saturated heterocycles. The summed E-state index contributed by atoms with van der Waals surface area (Å²) in [5, 5.41) is 39.0. The zero-order chi connectivity index (χ0) is 18.7. The third kappa shape index (κ3) is 8.84. The molecule has 25 heavy (non-hydrogen) atoms. The predicted molar refractivity (Wildman–Crippen MR) is 98.2 cm³/mol. The monoisotopic (exact) mass is 356 g/mol. The lowest BCUT2D eigenvalue weighted by Crippen LogP contribution is -2.21. The second-order valence-electron chi connectivity index (χ2n) is 7.41. The highest BCUT2D eigenvalue weighted by atomic mass is 16.4. The van der Waals surface area contributed by atoms with E-state index in [1.807, 2.05) is 6.08 Å². The number of carbonyl (C=O) groups is 1. The summed E-state index contributed by atoms with van der Waals surface area (Å²) in [6.07, 6.45) is 11.0. The minimum Gasteiger partial charge on any atom is -0.481 e. The van der Waals surface area contributed by atoms with Gasteiger partial charge in [0.15, 0.2) is 0 Å². The van der Waals surface area contributed by atoms with Crippen molar-refractivity contribution in [2.45, 2.75) is 95.9 Å². The molecule has 0 aliphatic heterocycles. The zero-order valence-electron chi connectivity index (χ0n) is 15.5. The van der Waals surface area contributed by atoms with E-state index in [1.165, 1.54) is 0 Å².